The summed E-state index contributed by atoms with van der Waals surface area (Å²) in [4.78, 5) is 2.55. The van der Waals surface area contributed by atoms with Crippen LogP contribution in [-0.4, -0.2) is 38.6 Å². The minimum Gasteiger partial charge on any atom is -0.300 e. The van der Waals surface area contributed by atoms with Crippen molar-refractivity contribution in [3.05, 3.63) is 29.7 Å². The second-order valence-electron chi connectivity index (χ2n) is 5.85. The summed E-state index contributed by atoms with van der Waals surface area (Å²) >= 11 is 0. The van der Waals surface area contributed by atoms with Gasteiger partial charge in [0.2, 0.25) is 0 Å². The first-order chi connectivity index (χ1) is 9.16. The molecule has 1 unspecified atom stereocenters. The number of nitrogens with zero attached hydrogens (tertiary/aromatic N) is 4. The van der Waals surface area contributed by atoms with Crippen LogP contribution in [0, 0.1) is 6.92 Å². The van der Waals surface area contributed by atoms with E-state index in [9.17, 15) is 0 Å². The maximum atomic E-state index is 4.46. The quantitative estimate of drug-likeness (QED) is 0.830. The Morgan fingerprint density at radius 3 is 2.89 bits per heavy atom. The lowest BCUT2D eigenvalue weighted by Gasteiger charge is -2.34. The highest BCUT2D eigenvalue weighted by Crippen LogP contribution is 2.27. The zero-order valence-electron chi connectivity index (χ0n) is 12.0. The molecular formula is C15H22N4. The molecule has 0 N–H and O–H groups in total. The van der Waals surface area contributed by atoms with E-state index in [-0.39, 0.29) is 0 Å². The molecule has 0 radical (unpaired) electrons. The molecule has 1 fully saturated rings. The molecule has 0 spiro atoms. The number of rotatable bonds is 2. The van der Waals surface area contributed by atoms with Gasteiger partial charge >= 0.3 is 0 Å². The molecule has 4 heteroatoms. The summed E-state index contributed by atoms with van der Waals surface area (Å²) < 4.78 is 2.22. The van der Waals surface area contributed by atoms with Gasteiger partial charge in [-0.3, -0.25) is 4.40 Å². The van der Waals surface area contributed by atoms with Crippen molar-refractivity contribution in [2.45, 2.75) is 45.6 Å². The zero-order valence-corrected chi connectivity index (χ0v) is 12.0. The van der Waals surface area contributed by atoms with Crippen LogP contribution in [0.15, 0.2) is 18.2 Å². The number of hydrogen-bond donors (Lipinski definition) is 0. The fourth-order valence-electron chi connectivity index (χ4n) is 3.08. The minimum absolute atomic E-state index is 0.507. The van der Waals surface area contributed by atoms with Gasteiger partial charge < -0.3 is 4.90 Å². The maximum Gasteiger partial charge on any atom is 0.160 e. The van der Waals surface area contributed by atoms with E-state index in [1.807, 2.05) is 12.1 Å². The SMILES string of the molecule is Cc1cccc2nnc(C3CCCN(C(C)C)C3)n12. The number of hydrogen-bond acceptors (Lipinski definition) is 3. The molecule has 1 atom stereocenters. The van der Waals surface area contributed by atoms with Gasteiger partial charge in [0.15, 0.2) is 5.65 Å². The molecule has 0 aliphatic carbocycles. The third-order valence-corrected chi connectivity index (χ3v) is 4.20. The fraction of sp³-hybridized carbons (Fsp3) is 0.600. The van der Waals surface area contributed by atoms with E-state index in [1.54, 1.807) is 0 Å². The Morgan fingerprint density at radius 2 is 2.11 bits per heavy atom. The molecule has 4 nitrogen and oxygen atoms in total. The van der Waals surface area contributed by atoms with Gasteiger partial charge in [0.25, 0.3) is 0 Å². The molecular weight excluding hydrogens is 236 g/mol. The summed E-state index contributed by atoms with van der Waals surface area (Å²) in [5.41, 5.74) is 2.19. The van der Waals surface area contributed by atoms with Crippen LogP contribution in [0.3, 0.4) is 0 Å². The lowest BCUT2D eigenvalue weighted by molar-refractivity contribution is 0.164. The van der Waals surface area contributed by atoms with Gasteiger partial charge in [-0.15, -0.1) is 10.2 Å². The van der Waals surface area contributed by atoms with E-state index in [0.29, 0.717) is 12.0 Å². The first-order valence-corrected chi connectivity index (χ1v) is 7.21. The van der Waals surface area contributed by atoms with Crippen molar-refractivity contribution >= 4 is 5.65 Å². The highest BCUT2D eigenvalue weighted by atomic mass is 15.3. The molecule has 1 saturated heterocycles. The van der Waals surface area contributed by atoms with Crippen LogP contribution in [0.1, 0.15) is 44.1 Å². The lowest BCUT2D eigenvalue weighted by atomic mass is 9.96. The molecule has 19 heavy (non-hydrogen) atoms. The van der Waals surface area contributed by atoms with Gasteiger partial charge in [-0.1, -0.05) is 6.07 Å². The van der Waals surface area contributed by atoms with Crippen molar-refractivity contribution in [3.8, 4) is 0 Å². The van der Waals surface area contributed by atoms with Crippen LogP contribution < -0.4 is 0 Å². The van der Waals surface area contributed by atoms with E-state index in [1.165, 1.54) is 25.1 Å². The number of piperidine rings is 1. The number of pyridine rings is 1. The average Bonchev–Trinajstić information content (AvgIpc) is 2.84. The summed E-state index contributed by atoms with van der Waals surface area (Å²) in [6, 6.07) is 6.82. The van der Waals surface area contributed by atoms with E-state index < -0.39 is 0 Å². The summed E-state index contributed by atoms with van der Waals surface area (Å²) in [5, 5.41) is 8.78. The van der Waals surface area contributed by atoms with Crippen molar-refractivity contribution in [2.75, 3.05) is 13.1 Å². The van der Waals surface area contributed by atoms with E-state index in [2.05, 4.69) is 46.3 Å². The van der Waals surface area contributed by atoms with Crippen molar-refractivity contribution in [3.63, 3.8) is 0 Å². The fourth-order valence-corrected chi connectivity index (χ4v) is 3.08. The Bertz CT molecular complexity index is 573. The van der Waals surface area contributed by atoms with Crippen molar-refractivity contribution < 1.29 is 0 Å². The first kappa shape index (κ1) is 12.6. The van der Waals surface area contributed by atoms with Crippen LogP contribution in [0.4, 0.5) is 0 Å². The normalized spacial score (nSPS) is 21.4. The second-order valence-corrected chi connectivity index (χ2v) is 5.85. The zero-order chi connectivity index (χ0) is 13.4. The van der Waals surface area contributed by atoms with Gasteiger partial charge in [-0.05, 0) is 52.3 Å². The third-order valence-electron chi connectivity index (χ3n) is 4.20. The van der Waals surface area contributed by atoms with E-state index >= 15 is 0 Å². The summed E-state index contributed by atoms with van der Waals surface area (Å²) in [6.07, 6.45) is 2.47. The van der Waals surface area contributed by atoms with Crippen LogP contribution >= 0.6 is 0 Å². The topological polar surface area (TPSA) is 33.4 Å². The molecule has 1 aliphatic heterocycles. The van der Waals surface area contributed by atoms with Crippen LogP contribution in [0.25, 0.3) is 5.65 Å². The Kier molecular flexibility index (Phi) is 3.27. The molecule has 102 valence electrons. The van der Waals surface area contributed by atoms with Crippen molar-refractivity contribution in [2.24, 2.45) is 0 Å². The average molecular weight is 258 g/mol. The van der Waals surface area contributed by atoms with Gasteiger partial charge in [0.05, 0.1) is 0 Å². The summed E-state index contributed by atoms with van der Waals surface area (Å²) in [5.74, 6) is 1.64. The van der Waals surface area contributed by atoms with E-state index in [0.717, 1.165) is 18.0 Å². The van der Waals surface area contributed by atoms with Crippen LogP contribution in [0.2, 0.25) is 0 Å². The molecule has 0 bridgehead atoms. The Morgan fingerprint density at radius 1 is 1.26 bits per heavy atom. The predicted molar refractivity (Wildman–Crippen MR) is 76.4 cm³/mol. The lowest BCUT2D eigenvalue weighted by Crippen LogP contribution is -2.39. The first-order valence-electron chi connectivity index (χ1n) is 7.21. The molecule has 2 aromatic heterocycles. The predicted octanol–water partition coefficient (Wildman–Crippen LogP) is 2.63. The molecule has 1 aliphatic rings. The Labute approximate surface area is 114 Å². The monoisotopic (exact) mass is 258 g/mol. The standard InChI is InChI=1S/C15H22N4/c1-11(2)18-9-5-7-13(10-18)15-17-16-14-8-4-6-12(3)19(14)15/h4,6,8,11,13H,5,7,9-10H2,1-3H3. The van der Waals surface area contributed by atoms with Crippen LogP contribution in [0.5, 0.6) is 0 Å². The second kappa shape index (κ2) is 4.93. The van der Waals surface area contributed by atoms with E-state index in [4.69, 9.17) is 0 Å². The maximum absolute atomic E-state index is 4.46. The number of aromatic nitrogens is 3. The minimum atomic E-state index is 0.507. The molecule has 2 aromatic rings. The smallest absolute Gasteiger partial charge is 0.160 e. The third kappa shape index (κ3) is 2.25. The van der Waals surface area contributed by atoms with Gasteiger partial charge in [0.1, 0.15) is 5.82 Å². The number of fused-ring (bicyclic) bond motifs is 1. The number of likely N-dealkylation sites (tertiary alicyclic amines) is 1. The molecule has 3 rings (SSSR count). The highest BCUT2D eigenvalue weighted by molar-refractivity contribution is 5.40. The molecule has 0 aromatic carbocycles. The summed E-state index contributed by atoms with van der Waals surface area (Å²) in [7, 11) is 0. The molecule has 3 heterocycles. The summed E-state index contributed by atoms with van der Waals surface area (Å²) in [6.45, 7) is 8.99. The largest absolute Gasteiger partial charge is 0.300 e. The Balaban J connectivity index is 1.96. The number of aryl methyl sites for hydroxylation is 1. The van der Waals surface area contributed by atoms with Crippen LogP contribution in [-0.2, 0) is 0 Å². The van der Waals surface area contributed by atoms with Gasteiger partial charge in [0, 0.05) is 24.2 Å². The van der Waals surface area contributed by atoms with Gasteiger partial charge in [-0.25, -0.2) is 0 Å². The van der Waals surface area contributed by atoms with Gasteiger partial charge in [-0.2, -0.15) is 0 Å². The van der Waals surface area contributed by atoms with Crippen molar-refractivity contribution in [1.29, 1.82) is 0 Å². The Hall–Kier alpha value is -1.42. The van der Waals surface area contributed by atoms with Crippen molar-refractivity contribution in [1.82, 2.24) is 19.5 Å². The molecule has 0 saturated carbocycles. The molecule has 0 amide bonds. The highest BCUT2D eigenvalue weighted by Gasteiger charge is 2.26.